The van der Waals surface area contributed by atoms with Crippen LogP contribution in [0.1, 0.15) is 59.5 Å². The molecule has 0 spiro atoms. The van der Waals surface area contributed by atoms with Crippen molar-refractivity contribution in [2.45, 2.75) is 49.5 Å². The van der Waals surface area contributed by atoms with Gasteiger partial charge in [0.1, 0.15) is 0 Å². The molecule has 0 atom stereocenters. The largest absolute Gasteiger partial charge is 0.326 e. The summed E-state index contributed by atoms with van der Waals surface area (Å²) < 4.78 is 24.0. The molecule has 0 unspecified atom stereocenters. The molecule has 0 heterocycles. The van der Waals surface area contributed by atoms with E-state index in [0.29, 0.717) is 17.3 Å². The summed E-state index contributed by atoms with van der Waals surface area (Å²) in [4.78, 5) is 27.6. The number of guanidine groups is 1. The molecular weight excluding hydrogens is 542 g/mol. The van der Waals surface area contributed by atoms with Gasteiger partial charge < -0.3 is 11.2 Å². The van der Waals surface area contributed by atoms with Gasteiger partial charge in [-0.25, -0.2) is 13.2 Å². The van der Waals surface area contributed by atoms with Crippen molar-refractivity contribution >= 4 is 39.1 Å². The van der Waals surface area contributed by atoms with Crippen molar-refractivity contribution in [3.63, 3.8) is 0 Å². The normalized spacial score (nSPS) is 14.0. The lowest BCUT2D eigenvalue weighted by Crippen LogP contribution is -2.34. The number of nitrogens with zero attached hydrogens (tertiary/aromatic N) is 3. The number of carbonyl (C=O) groups excluding carboxylic acids is 2. The number of hydrogen-bond donors (Lipinski definition) is 4. The van der Waals surface area contributed by atoms with E-state index >= 15 is 0 Å². The van der Waals surface area contributed by atoms with Gasteiger partial charge in [0.2, 0.25) is 5.96 Å². The Labute approximate surface area is 239 Å². The average Bonchev–Trinajstić information content (AvgIpc) is 2.96. The maximum Gasteiger partial charge on any atom is 0.326 e. The summed E-state index contributed by atoms with van der Waals surface area (Å²) in [6.45, 7) is 0.180. The quantitative estimate of drug-likeness (QED) is 0.0974. The van der Waals surface area contributed by atoms with Crippen molar-refractivity contribution < 1.29 is 18.0 Å². The Bertz CT molecular complexity index is 1530. The first-order valence-electron chi connectivity index (χ1n) is 13.2. The zero-order valence-electron chi connectivity index (χ0n) is 22.7. The fourth-order valence-electron chi connectivity index (χ4n) is 4.84. The zero-order chi connectivity index (χ0) is 29.4. The Hall–Kier alpha value is -4.58. The standard InChI is InChI=1S/C29H33N7O4S/c1-41(39,40)26-9-5-8-24(18-26)32-29(38)36(25-16-14-22(15-17-25)21-6-3-2-4-7-21)19-20-10-12-23(13-11-20)27(37)33-28(30)34-35-31/h5,8-18,21H,2-4,6-7,19H2,1H3,(H,32,38)(H4,30,31,33,34,37). The van der Waals surface area contributed by atoms with Crippen LogP contribution in [0.2, 0.25) is 0 Å². The van der Waals surface area contributed by atoms with Gasteiger partial charge in [0.25, 0.3) is 5.91 Å². The second-order valence-electron chi connectivity index (χ2n) is 9.96. The summed E-state index contributed by atoms with van der Waals surface area (Å²) in [7, 11) is -3.45. The molecule has 0 bridgehead atoms. The van der Waals surface area contributed by atoms with Crippen LogP contribution in [0, 0.1) is 5.41 Å². The summed E-state index contributed by atoms with van der Waals surface area (Å²) in [5.74, 6) is 4.39. The molecule has 214 valence electrons. The van der Waals surface area contributed by atoms with E-state index in [1.807, 2.05) is 12.1 Å². The van der Waals surface area contributed by atoms with E-state index in [9.17, 15) is 18.0 Å². The van der Waals surface area contributed by atoms with E-state index in [1.54, 1.807) is 41.3 Å². The lowest BCUT2D eigenvalue weighted by Gasteiger charge is -2.26. The van der Waals surface area contributed by atoms with Gasteiger partial charge in [-0.05, 0) is 72.4 Å². The predicted molar refractivity (Wildman–Crippen MR) is 158 cm³/mol. The van der Waals surface area contributed by atoms with E-state index in [-0.39, 0.29) is 17.0 Å². The number of nitrogens with two attached hydrogens (primary N) is 1. The van der Waals surface area contributed by atoms with E-state index < -0.39 is 27.7 Å². The molecular formula is C29H33N7O4S. The SMILES string of the molecule is CS(=O)(=O)c1cccc(NC(=O)N(Cc2ccc(C(=O)NC(=N)N=NN)cc2)c2ccc(C3CCCCC3)cc2)c1. The van der Waals surface area contributed by atoms with Crippen LogP contribution in [0.3, 0.4) is 0 Å². The topological polar surface area (TPSA) is 170 Å². The molecule has 1 aliphatic carbocycles. The molecule has 1 saturated carbocycles. The number of hydrogen-bond acceptors (Lipinski definition) is 6. The van der Waals surface area contributed by atoms with E-state index in [4.69, 9.17) is 11.3 Å². The third-order valence-corrected chi connectivity index (χ3v) is 8.10. The lowest BCUT2D eigenvalue weighted by atomic mass is 9.84. The van der Waals surface area contributed by atoms with Gasteiger partial charge >= 0.3 is 6.03 Å². The molecule has 0 aromatic heterocycles. The van der Waals surface area contributed by atoms with Crippen LogP contribution in [0.5, 0.6) is 0 Å². The number of sulfone groups is 1. The van der Waals surface area contributed by atoms with E-state index in [1.165, 1.54) is 37.0 Å². The Kier molecular flexibility index (Phi) is 9.45. The van der Waals surface area contributed by atoms with Crippen molar-refractivity contribution in [2.24, 2.45) is 16.2 Å². The second kappa shape index (κ2) is 13.2. The molecule has 11 nitrogen and oxygen atoms in total. The maximum atomic E-state index is 13.6. The highest BCUT2D eigenvalue weighted by Gasteiger charge is 2.20. The molecule has 0 radical (unpaired) electrons. The van der Waals surface area contributed by atoms with Gasteiger partial charge in [-0.1, -0.05) is 59.9 Å². The van der Waals surface area contributed by atoms with Gasteiger partial charge in [0.15, 0.2) is 9.84 Å². The van der Waals surface area contributed by atoms with Gasteiger partial charge in [0, 0.05) is 23.2 Å². The van der Waals surface area contributed by atoms with Crippen LogP contribution in [0.25, 0.3) is 0 Å². The third-order valence-electron chi connectivity index (χ3n) is 6.99. The number of rotatable bonds is 7. The first kappa shape index (κ1) is 29.4. The summed E-state index contributed by atoms with van der Waals surface area (Å²) in [6, 6.07) is 20.2. The second-order valence-corrected chi connectivity index (χ2v) is 12.0. The van der Waals surface area contributed by atoms with Crippen molar-refractivity contribution in [1.82, 2.24) is 5.32 Å². The average molecular weight is 576 g/mol. The number of nitrogens with one attached hydrogen (secondary N) is 3. The zero-order valence-corrected chi connectivity index (χ0v) is 23.5. The first-order chi connectivity index (χ1) is 19.6. The number of amides is 3. The van der Waals surface area contributed by atoms with Gasteiger partial charge in [-0.3, -0.25) is 20.4 Å². The van der Waals surface area contributed by atoms with Crippen molar-refractivity contribution in [3.8, 4) is 0 Å². The summed E-state index contributed by atoms with van der Waals surface area (Å²) in [6.07, 6.45) is 7.15. The maximum absolute atomic E-state index is 13.6. The Morgan fingerprint density at radius 3 is 2.32 bits per heavy atom. The number of benzene rings is 3. The van der Waals surface area contributed by atoms with E-state index in [0.717, 1.165) is 24.7 Å². The Morgan fingerprint density at radius 1 is 1.00 bits per heavy atom. The fourth-order valence-corrected chi connectivity index (χ4v) is 5.51. The molecule has 1 aliphatic rings. The van der Waals surface area contributed by atoms with Crippen molar-refractivity contribution in [2.75, 3.05) is 16.5 Å². The molecule has 41 heavy (non-hydrogen) atoms. The molecule has 3 aromatic rings. The molecule has 5 N–H and O–H groups in total. The third kappa shape index (κ3) is 7.98. The fraction of sp³-hybridized carbons (Fsp3) is 0.276. The van der Waals surface area contributed by atoms with Gasteiger partial charge in [0.05, 0.1) is 11.4 Å². The number of anilines is 2. The molecule has 3 aromatic carbocycles. The predicted octanol–water partition coefficient (Wildman–Crippen LogP) is 5.37. The Balaban J connectivity index is 1.57. The smallest absolute Gasteiger partial charge is 0.307 e. The number of carbonyl (C=O) groups is 2. The molecule has 0 saturated heterocycles. The van der Waals surface area contributed by atoms with Gasteiger partial charge in [-0.15, -0.1) is 0 Å². The first-order valence-corrected chi connectivity index (χ1v) is 15.1. The highest BCUT2D eigenvalue weighted by molar-refractivity contribution is 7.90. The van der Waals surface area contributed by atoms with Crippen LogP contribution >= 0.6 is 0 Å². The minimum absolute atomic E-state index is 0.105. The Morgan fingerprint density at radius 2 is 1.68 bits per heavy atom. The van der Waals surface area contributed by atoms with Crippen LogP contribution in [-0.4, -0.2) is 32.6 Å². The number of urea groups is 1. The molecule has 4 rings (SSSR count). The van der Waals surface area contributed by atoms with Gasteiger partial charge in [-0.2, -0.15) is 0 Å². The summed E-state index contributed by atoms with van der Waals surface area (Å²) in [5, 5.41) is 18.8. The minimum atomic E-state index is -3.45. The minimum Gasteiger partial charge on any atom is -0.307 e. The monoisotopic (exact) mass is 575 g/mol. The van der Waals surface area contributed by atoms with Crippen LogP contribution < -0.4 is 21.4 Å². The van der Waals surface area contributed by atoms with E-state index in [2.05, 4.69) is 33.1 Å². The molecule has 3 amide bonds. The lowest BCUT2D eigenvalue weighted by molar-refractivity contribution is 0.0976. The van der Waals surface area contributed by atoms with Crippen LogP contribution in [-0.2, 0) is 16.4 Å². The van der Waals surface area contributed by atoms with Crippen molar-refractivity contribution in [3.05, 3.63) is 89.5 Å². The molecule has 0 aliphatic heterocycles. The van der Waals surface area contributed by atoms with Crippen LogP contribution in [0.15, 0.2) is 88.0 Å². The highest BCUT2D eigenvalue weighted by atomic mass is 32.2. The molecule has 1 fully saturated rings. The van der Waals surface area contributed by atoms with Crippen LogP contribution in [0.4, 0.5) is 16.2 Å². The summed E-state index contributed by atoms with van der Waals surface area (Å²) >= 11 is 0. The molecule has 12 heteroatoms. The van der Waals surface area contributed by atoms with Crippen molar-refractivity contribution in [1.29, 1.82) is 5.41 Å². The highest BCUT2D eigenvalue weighted by Crippen LogP contribution is 2.33. The summed E-state index contributed by atoms with van der Waals surface area (Å²) in [5.41, 5.74) is 3.31.